The zero-order valence-electron chi connectivity index (χ0n) is 38.8. The topological polar surface area (TPSA) is 141 Å². The first-order valence-corrected chi connectivity index (χ1v) is 24.7. The van der Waals surface area contributed by atoms with Gasteiger partial charge >= 0.3 is 12.4 Å². The summed E-state index contributed by atoms with van der Waals surface area (Å²) in [5, 5.41) is 10.2. The second kappa shape index (κ2) is 22.1. The van der Waals surface area contributed by atoms with Gasteiger partial charge in [-0.05, 0) is 81.3 Å². The Hall–Kier alpha value is -5.18. The van der Waals surface area contributed by atoms with Crippen LogP contribution in [-0.2, 0) is 58.4 Å². The van der Waals surface area contributed by atoms with Gasteiger partial charge in [-0.15, -0.1) is 0 Å². The van der Waals surface area contributed by atoms with E-state index in [0.29, 0.717) is 16.8 Å². The number of fused-ring (bicyclic) bond motifs is 2. The van der Waals surface area contributed by atoms with E-state index < -0.39 is 107 Å². The maximum atomic E-state index is 15.0. The van der Waals surface area contributed by atoms with E-state index in [0.717, 1.165) is 43.2 Å². The highest BCUT2D eigenvalue weighted by Gasteiger charge is 2.50. The van der Waals surface area contributed by atoms with Crippen molar-refractivity contribution in [3.05, 3.63) is 93.0 Å². The van der Waals surface area contributed by atoms with Crippen molar-refractivity contribution in [1.82, 2.24) is 29.9 Å². The smallest absolute Gasteiger partial charge is 0.346 e. The molecule has 3 aromatic heterocycles. The highest BCUT2D eigenvalue weighted by Crippen LogP contribution is 2.47. The van der Waals surface area contributed by atoms with Crippen LogP contribution in [0.2, 0.25) is 5.02 Å². The lowest BCUT2D eigenvalue weighted by Gasteiger charge is -2.27. The Labute approximate surface area is 408 Å². The number of rotatable bonds is 12. The molecule has 70 heavy (non-hydrogen) atoms. The molecule has 0 saturated heterocycles. The number of nitrogens with one attached hydrogen (secondary N) is 1. The maximum absolute atomic E-state index is 15.0. The van der Waals surface area contributed by atoms with Crippen LogP contribution in [0.4, 0.5) is 49.7 Å². The third-order valence-corrected chi connectivity index (χ3v) is 13.8. The van der Waals surface area contributed by atoms with E-state index in [1.54, 1.807) is 27.2 Å². The summed E-state index contributed by atoms with van der Waals surface area (Å²) >= 11 is 7.75. The van der Waals surface area contributed by atoms with Gasteiger partial charge in [0.2, 0.25) is 5.91 Å². The lowest BCUT2D eigenvalue weighted by atomic mass is 9.82. The minimum Gasteiger partial charge on any atom is -0.346 e. The largest absolute Gasteiger partial charge is 0.435 e. The number of nitrogens with zero attached hydrogens (tertiary/aromatic N) is 6. The highest BCUT2D eigenvalue weighted by molar-refractivity contribution is 7.99. The lowest BCUT2D eigenvalue weighted by molar-refractivity contribution is -0.142. The van der Waals surface area contributed by atoms with Gasteiger partial charge < -0.3 is 20.2 Å². The van der Waals surface area contributed by atoms with Crippen molar-refractivity contribution in [3.8, 4) is 23.0 Å². The number of anilines is 1. The van der Waals surface area contributed by atoms with Gasteiger partial charge in [0, 0.05) is 71.5 Å². The van der Waals surface area contributed by atoms with E-state index in [9.17, 15) is 48.9 Å². The Bertz CT molecular complexity index is 2800. The van der Waals surface area contributed by atoms with Crippen LogP contribution in [0.15, 0.2) is 42.5 Å². The first-order chi connectivity index (χ1) is 32.6. The Morgan fingerprint density at radius 3 is 2.21 bits per heavy atom. The molecule has 0 aliphatic heterocycles. The number of pyridine rings is 1. The van der Waals surface area contributed by atoms with Crippen LogP contribution in [0.3, 0.4) is 0 Å². The fourth-order valence-electron chi connectivity index (χ4n) is 7.66. The standard InChI is InChI=1S/C39H34ClF10N7O2S2.C5H9NO.C2H6/c1-36(2,61(5)59)12-10-23-6-7-24(25-8-9-27(40)30-32(25)57(19-38(45,46)47)54-35(30)55(3)60-4)31(51-23)28(16-20-14-21(41)17-22(42)15-20)52-29(58)18-56-34-26(11-13-37(34,43)44)33(53-56)39(48,49)50;6-5-1-4(2-5)3-7;1-2/h6-9,14-15,17,28H,11,13,16,18-19H2,1-5H3,(H,52,58);3-5H,1-2,6H2;1-2H3. The summed E-state index contributed by atoms with van der Waals surface area (Å²) in [6.07, 6.45) is -6.20. The average molecular weight is 1050 g/mol. The summed E-state index contributed by atoms with van der Waals surface area (Å²) in [6.45, 7) is 4.40. The molecule has 3 heterocycles. The second-order valence-corrected chi connectivity index (χ2v) is 20.0. The molecule has 2 aliphatic rings. The molecule has 2 aliphatic carbocycles. The van der Waals surface area contributed by atoms with Crippen LogP contribution >= 0.6 is 23.5 Å². The predicted molar refractivity (Wildman–Crippen MR) is 249 cm³/mol. The number of aldehydes is 1. The fraction of sp³-hybridized carbons (Fsp3) is 0.457. The van der Waals surface area contributed by atoms with E-state index in [1.165, 1.54) is 34.8 Å². The maximum Gasteiger partial charge on any atom is 0.435 e. The Morgan fingerprint density at radius 2 is 1.67 bits per heavy atom. The van der Waals surface area contributed by atoms with Crippen LogP contribution in [0.5, 0.6) is 0 Å². The van der Waals surface area contributed by atoms with Crippen LogP contribution in [-0.4, -0.2) is 77.5 Å². The van der Waals surface area contributed by atoms with Crippen molar-refractivity contribution in [2.75, 3.05) is 23.9 Å². The number of amides is 1. The first-order valence-electron chi connectivity index (χ1n) is 21.5. The van der Waals surface area contributed by atoms with Gasteiger partial charge in [0.05, 0.1) is 27.7 Å². The van der Waals surface area contributed by atoms with Crippen molar-refractivity contribution in [1.29, 1.82) is 0 Å². The Kier molecular flexibility index (Phi) is 17.6. The number of hydrogen-bond acceptors (Lipinski definition) is 9. The SMILES string of the molecule is CC.CSN(C)c1nn(CC(F)(F)F)c2c(-c3ccc(C#CC(C)(C)S(C)=O)nc3C(Cc3cc(F)cc(F)c3)NC(=O)Cn3nc(C(F)(F)F)c4c3C(F)(F)CC4)ccc(Cl)c12.NC1CC(C=O)C1. The molecule has 24 heteroatoms. The number of alkyl halides is 8. The van der Waals surface area contributed by atoms with Gasteiger partial charge in [-0.3, -0.25) is 18.4 Å². The zero-order chi connectivity index (χ0) is 52.3. The third kappa shape index (κ3) is 13.0. The molecule has 0 radical (unpaired) electrons. The van der Waals surface area contributed by atoms with Gasteiger partial charge in [-0.1, -0.05) is 49.4 Å². The first kappa shape index (κ1) is 55.7. The van der Waals surface area contributed by atoms with Gasteiger partial charge in [0.25, 0.3) is 5.92 Å². The fourth-order valence-corrected chi connectivity index (χ4v) is 8.39. The second-order valence-electron chi connectivity index (χ2n) is 16.7. The summed E-state index contributed by atoms with van der Waals surface area (Å²) in [6, 6.07) is 6.73. The molecule has 7 rings (SSSR count). The Morgan fingerprint density at radius 1 is 1.04 bits per heavy atom. The summed E-state index contributed by atoms with van der Waals surface area (Å²) in [5.74, 6) is -1.05. The number of hydrogen-bond donors (Lipinski definition) is 2. The van der Waals surface area contributed by atoms with Crippen molar-refractivity contribution >= 4 is 63.3 Å². The van der Waals surface area contributed by atoms with Gasteiger partial charge in [-0.2, -0.15) is 45.3 Å². The number of halogens is 11. The van der Waals surface area contributed by atoms with E-state index in [4.69, 9.17) is 17.3 Å². The quantitative estimate of drug-likeness (QED) is 0.0541. The Balaban J connectivity index is 0.000000920. The van der Waals surface area contributed by atoms with Crippen LogP contribution in [0.1, 0.15) is 86.9 Å². The van der Waals surface area contributed by atoms with Crippen molar-refractivity contribution < 1.29 is 57.7 Å². The van der Waals surface area contributed by atoms with Crippen LogP contribution in [0.25, 0.3) is 22.0 Å². The van der Waals surface area contributed by atoms with Crippen LogP contribution < -0.4 is 15.4 Å². The van der Waals surface area contributed by atoms with Gasteiger partial charge in [-0.25, -0.2) is 13.8 Å². The van der Waals surface area contributed by atoms with Gasteiger partial charge in [0.15, 0.2) is 11.5 Å². The molecule has 1 amide bonds. The monoisotopic (exact) mass is 1050 g/mol. The highest BCUT2D eigenvalue weighted by atomic mass is 35.5. The normalized spacial score (nSPS) is 17.1. The molecule has 3 N–H and O–H groups in total. The molecular weight excluding hydrogens is 1000 g/mol. The average Bonchev–Trinajstić information content (AvgIpc) is 3.93. The zero-order valence-corrected chi connectivity index (χ0v) is 41.1. The summed E-state index contributed by atoms with van der Waals surface area (Å²) in [5.41, 5.74) is 1.53. The van der Waals surface area contributed by atoms with E-state index in [-0.39, 0.29) is 60.4 Å². The van der Waals surface area contributed by atoms with Crippen LogP contribution in [0, 0.1) is 29.4 Å². The van der Waals surface area contributed by atoms with Gasteiger partial charge in [0.1, 0.15) is 47.1 Å². The minimum absolute atomic E-state index is 0.0109. The number of carbonyl (C=O) groups is 2. The predicted octanol–water partition coefficient (Wildman–Crippen LogP) is 10.1. The molecule has 2 aromatic carbocycles. The molecule has 0 bridgehead atoms. The number of benzene rings is 2. The number of aromatic nitrogens is 5. The molecular formula is C46H49ClF10N8O3S2. The van der Waals surface area contributed by atoms with Crippen molar-refractivity contribution in [2.24, 2.45) is 11.7 Å². The molecule has 2 unspecified atom stereocenters. The molecule has 2 atom stereocenters. The molecule has 11 nitrogen and oxygen atoms in total. The molecule has 380 valence electrons. The third-order valence-electron chi connectivity index (χ3n) is 11.2. The molecule has 1 saturated carbocycles. The summed E-state index contributed by atoms with van der Waals surface area (Å²) in [7, 11) is 0.0675. The van der Waals surface area contributed by atoms with E-state index >= 15 is 8.78 Å². The lowest BCUT2D eigenvalue weighted by Crippen LogP contribution is -2.36. The van der Waals surface area contributed by atoms with Crippen molar-refractivity contribution in [3.63, 3.8) is 0 Å². The summed E-state index contributed by atoms with van der Waals surface area (Å²) < 4.78 is 157. The molecule has 0 spiro atoms. The number of nitrogens with two attached hydrogens (primary N) is 1. The van der Waals surface area contributed by atoms with E-state index in [1.807, 2.05) is 13.8 Å². The van der Waals surface area contributed by atoms with E-state index in [2.05, 4.69) is 32.3 Å². The minimum atomic E-state index is -5.14. The number of carbonyl (C=O) groups excluding carboxylic acids is 2. The molecule has 1 fully saturated rings. The molecule has 5 aromatic rings. The van der Waals surface area contributed by atoms with Crippen molar-refractivity contribution in [2.45, 2.75) is 108 Å². The summed E-state index contributed by atoms with van der Waals surface area (Å²) in [4.78, 5) is 28.5.